The van der Waals surface area contributed by atoms with Gasteiger partial charge >= 0.3 is 5.97 Å². The lowest BCUT2D eigenvalue weighted by Crippen LogP contribution is -2.52. The molecule has 2 aliphatic carbocycles. The Morgan fingerprint density at radius 1 is 0.903 bits per heavy atom. The normalized spacial score (nSPS) is 27.1. The molecule has 4 heteroatoms. The highest BCUT2D eigenvalue weighted by Gasteiger charge is 2.54. The van der Waals surface area contributed by atoms with Crippen molar-refractivity contribution in [2.45, 2.75) is 49.0 Å². The number of halogens is 1. The summed E-state index contributed by atoms with van der Waals surface area (Å²) in [6.45, 7) is 0. The van der Waals surface area contributed by atoms with E-state index in [1.165, 1.54) is 16.7 Å². The van der Waals surface area contributed by atoms with Gasteiger partial charge in [-0.15, -0.1) is 0 Å². The van der Waals surface area contributed by atoms with E-state index < -0.39 is 11.5 Å². The fourth-order valence-electron chi connectivity index (χ4n) is 5.88. The second-order valence-corrected chi connectivity index (χ2v) is 9.44. The fourth-order valence-corrected chi connectivity index (χ4v) is 6.08. The van der Waals surface area contributed by atoms with Gasteiger partial charge < -0.3 is 10.4 Å². The molecule has 31 heavy (non-hydrogen) atoms. The molecule has 0 aliphatic heterocycles. The maximum Gasteiger partial charge on any atom is 0.329 e. The second-order valence-electron chi connectivity index (χ2n) is 9.00. The number of hydrogen-bond acceptors (Lipinski definition) is 2. The van der Waals surface area contributed by atoms with E-state index in [4.69, 9.17) is 11.6 Å². The molecule has 1 fully saturated rings. The highest BCUT2D eigenvalue weighted by molar-refractivity contribution is 6.30. The molecular formula is C27H26ClNO2. The molecule has 1 spiro atoms. The van der Waals surface area contributed by atoms with Crippen LogP contribution in [0.5, 0.6) is 0 Å². The van der Waals surface area contributed by atoms with Crippen molar-refractivity contribution in [2.75, 3.05) is 5.32 Å². The zero-order chi connectivity index (χ0) is 21.5. The molecule has 0 heterocycles. The summed E-state index contributed by atoms with van der Waals surface area (Å²) >= 11 is 6.14. The van der Waals surface area contributed by atoms with E-state index in [-0.39, 0.29) is 5.41 Å². The van der Waals surface area contributed by atoms with Crippen molar-refractivity contribution in [1.82, 2.24) is 0 Å². The Kier molecular flexibility index (Phi) is 5.02. The van der Waals surface area contributed by atoms with Crippen LogP contribution in [0.3, 0.4) is 0 Å². The molecule has 5 rings (SSSR count). The Hall–Kier alpha value is -2.78. The van der Waals surface area contributed by atoms with Crippen LogP contribution < -0.4 is 5.32 Å². The van der Waals surface area contributed by atoms with Gasteiger partial charge in [0.1, 0.15) is 5.54 Å². The number of aliphatic carboxylic acids is 1. The van der Waals surface area contributed by atoms with Gasteiger partial charge in [0, 0.05) is 16.1 Å². The molecule has 3 aromatic carbocycles. The average molecular weight is 432 g/mol. The molecular weight excluding hydrogens is 406 g/mol. The highest BCUT2D eigenvalue weighted by Crippen LogP contribution is 2.57. The first kappa shape index (κ1) is 20.1. The molecule has 0 unspecified atom stereocenters. The van der Waals surface area contributed by atoms with Crippen LogP contribution in [0.15, 0.2) is 78.9 Å². The molecule has 1 atom stereocenters. The summed E-state index contributed by atoms with van der Waals surface area (Å²) in [5.74, 6) is -0.408. The summed E-state index contributed by atoms with van der Waals surface area (Å²) in [6.07, 6.45) is 3.84. The number of carboxylic acid groups (broad SMARTS) is 1. The van der Waals surface area contributed by atoms with E-state index >= 15 is 0 Å². The van der Waals surface area contributed by atoms with Crippen LogP contribution in [-0.4, -0.2) is 16.6 Å². The molecule has 2 aliphatic rings. The van der Waals surface area contributed by atoms with Gasteiger partial charge in [-0.1, -0.05) is 72.3 Å². The van der Waals surface area contributed by atoms with Gasteiger partial charge in [-0.3, -0.25) is 0 Å². The minimum atomic E-state index is -0.977. The minimum Gasteiger partial charge on any atom is -0.480 e. The zero-order valence-corrected chi connectivity index (χ0v) is 18.1. The maximum atomic E-state index is 12.5. The number of nitrogens with one attached hydrogen (secondary N) is 1. The monoisotopic (exact) mass is 431 g/mol. The number of carboxylic acids is 1. The summed E-state index contributed by atoms with van der Waals surface area (Å²) in [5.41, 5.74) is 3.93. The van der Waals surface area contributed by atoms with E-state index in [0.717, 1.165) is 24.9 Å². The first-order valence-electron chi connectivity index (χ1n) is 10.9. The SMILES string of the molecule is O=C(O)C1(Nc2cccc(Cl)c2)CCC2(CC1)c1ccccc1C[C@@H]2c1ccccc1. The van der Waals surface area contributed by atoms with Gasteiger partial charge in [-0.2, -0.15) is 0 Å². The van der Waals surface area contributed by atoms with Crippen molar-refractivity contribution >= 4 is 23.3 Å². The molecule has 0 saturated heterocycles. The van der Waals surface area contributed by atoms with E-state index in [1.54, 1.807) is 12.1 Å². The lowest BCUT2D eigenvalue weighted by Gasteiger charge is -2.47. The van der Waals surface area contributed by atoms with Crippen molar-refractivity contribution in [3.8, 4) is 0 Å². The summed E-state index contributed by atoms with van der Waals surface area (Å²) in [6, 6.07) is 26.8. The lowest BCUT2D eigenvalue weighted by molar-refractivity contribution is -0.144. The van der Waals surface area contributed by atoms with Gasteiger partial charge in [0.05, 0.1) is 0 Å². The predicted octanol–water partition coefficient (Wildman–Crippen LogP) is 6.43. The Morgan fingerprint density at radius 2 is 1.61 bits per heavy atom. The van der Waals surface area contributed by atoms with Gasteiger partial charge in [0.2, 0.25) is 0 Å². The van der Waals surface area contributed by atoms with Gasteiger partial charge in [0.25, 0.3) is 0 Å². The summed E-state index contributed by atoms with van der Waals surface area (Å²) in [7, 11) is 0. The van der Waals surface area contributed by atoms with E-state index in [1.807, 2.05) is 12.1 Å². The average Bonchev–Trinajstić information content (AvgIpc) is 3.10. The summed E-state index contributed by atoms with van der Waals surface area (Å²) in [5, 5.41) is 14.2. The van der Waals surface area contributed by atoms with Crippen molar-refractivity contribution in [2.24, 2.45) is 0 Å². The first-order valence-corrected chi connectivity index (χ1v) is 11.3. The molecule has 0 bridgehead atoms. The van der Waals surface area contributed by atoms with Crippen LogP contribution in [0.25, 0.3) is 0 Å². The quantitative estimate of drug-likeness (QED) is 0.500. The van der Waals surface area contributed by atoms with Crippen LogP contribution in [0.1, 0.15) is 48.3 Å². The molecule has 158 valence electrons. The summed E-state index contributed by atoms with van der Waals surface area (Å²) in [4.78, 5) is 12.5. The first-order chi connectivity index (χ1) is 15.0. The number of anilines is 1. The van der Waals surface area contributed by atoms with Crippen LogP contribution >= 0.6 is 11.6 Å². The molecule has 0 amide bonds. The fraction of sp³-hybridized carbons (Fsp3) is 0.296. The molecule has 1 saturated carbocycles. The van der Waals surface area contributed by atoms with E-state index in [2.05, 4.69) is 59.9 Å². The van der Waals surface area contributed by atoms with Crippen molar-refractivity contribution in [3.05, 3.63) is 101 Å². The Balaban J connectivity index is 1.50. The molecule has 3 aromatic rings. The molecule has 2 N–H and O–H groups in total. The smallest absolute Gasteiger partial charge is 0.329 e. The van der Waals surface area contributed by atoms with Crippen LogP contribution in [0.4, 0.5) is 5.69 Å². The van der Waals surface area contributed by atoms with E-state index in [0.29, 0.717) is 23.8 Å². The lowest BCUT2D eigenvalue weighted by atomic mass is 9.59. The van der Waals surface area contributed by atoms with Crippen LogP contribution in [0, 0.1) is 0 Å². The van der Waals surface area contributed by atoms with Crippen LogP contribution in [-0.2, 0) is 16.6 Å². The standard InChI is InChI=1S/C27H26ClNO2/c28-21-10-6-11-22(18-21)29-27(25(30)31)15-13-26(14-16-27)23-12-5-4-9-20(23)17-24(26)19-7-2-1-3-8-19/h1-12,18,24,29H,13-17H2,(H,30,31)/t24-,26?,27?/m1/s1. The van der Waals surface area contributed by atoms with Gasteiger partial charge in [-0.25, -0.2) is 4.79 Å². The Labute approximate surface area is 188 Å². The third-order valence-corrected chi connectivity index (χ3v) is 7.70. The molecule has 0 aromatic heterocycles. The second kappa shape index (κ2) is 7.72. The summed E-state index contributed by atoms with van der Waals surface area (Å²) < 4.78 is 0. The maximum absolute atomic E-state index is 12.5. The van der Waals surface area contributed by atoms with Gasteiger partial charge in [0.15, 0.2) is 0 Å². The highest BCUT2D eigenvalue weighted by atomic mass is 35.5. The number of hydrogen-bond donors (Lipinski definition) is 2. The third kappa shape index (κ3) is 3.41. The number of rotatable bonds is 4. The number of fused-ring (bicyclic) bond motifs is 2. The molecule has 0 radical (unpaired) electrons. The van der Waals surface area contributed by atoms with Crippen molar-refractivity contribution in [3.63, 3.8) is 0 Å². The van der Waals surface area contributed by atoms with Crippen molar-refractivity contribution < 1.29 is 9.90 Å². The van der Waals surface area contributed by atoms with Gasteiger partial charge in [-0.05, 0) is 72.9 Å². The number of carbonyl (C=O) groups is 1. The van der Waals surface area contributed by atoms with Crippen LogP contribution in [0.2, 0.25) is 5.02 Å². The predicted molar refractivity (Wildman–Crippen MR) is 125 cm³/mol. The molecule has 3 nitrogen and oxygen atoms in total. The topological polar surface area (TPSA) is 49.3 Å². The minimum absolute atomic E-state index is 0.0209. The Morgan fingerprint density at radius 3 is 2.32 bits per heavy atom. The largest absolute Gasteiger partial charge is 0.480 e. The third-order valence-electron chi connectivity index (χ3n) is 7.46. The zero-order valence-electron chi connectivity index (χ0n) is 17.4. The Bertz CT molecular complexity index is 1100. The van der Waals surface area contributed by atoms with Crippen molar-refractivity contribution in [1.29, 1.82) is 0 Å². The van der Waals surface area contributed by atoms with E-state index in [9.17, 15) is 9.90 Å². The number of benzene rings is 3.